The molecular weight excluding hydrogens is 472 g/mol. The van der Waals surface area contributed by atoms with Crippen LogP contribution >= 0.6 is 0 Å². The number of fused-ring (bicyclic) bond motifs is 2. The van der Waals surface area contributed by atoms with Gasteiger partial charge in [0.25, 0.3) is 5.91 Å². The molecule has 0 fully saturated rings. The molecule has 0 saturated heterocycles. The number of carbonyl (C=O) groups is 3. The highest BCUT2D eigenvalue weighted by Crippen LogP contribution is 2.35. The normalized spacial score (nSPS) is 15.4. The van der Waals surface area contributed by atoms with E-state index in [4.69, 9.17) is 9.47 Å². The summed E-state index contributed by atoms with van der Waals surface area (Å²) in [5.41, 5.74) is 3.51. The third kappa shape index (κ3) is 5.50. The van der Waals surface area contributed by atoms with Crippen LogP contribution in [0.4, 0.5) is 0 Å². The van der Waals surface area contributed by atoms with Crippen molar-refractivity contribution in [2.24, 2.45) is 0 Å². The van der Waals surface area contributed by atoms with Crippen LogP contribution in [0.25, 0.3) is 5.65 Å². The lowest BCUT2D eigenvalue weighted by Gasteiger charge is -2.21. The summed E-state index contributed by atoms with van der Waals surface area (Å²) >= 11 is 0. The van der Waals surface area contributed by atoms with Crippen LogP contribution in [0.1, 0.15) is 108 Å². The molecule has 3 aromatic rings. The van der Waals surface area contributed by atoms with Gasteiger partial charge in [-0.15, -0.1) is 0 Å². The van der Waals surface area contributed by atoms with Crippen LogP contribution in [0, 0.1) is 13.8 Å². The Bertz CT molecular complexity index is 1410. The Balaban J connectivity index is 1.60. The molecule has 4 rings (SSSR count). The van der Waals surface area contributed by atoms with Crippen molar-refractivity contribution in [3.05, 3.63) is 63.6 Å². The van der Waals surface area contributed by atoms with Gasteiger partial charge in [0, 0.05) is 5.69 Å². The first-order chi connectivity index (χ1) is 17.1. The van der Waals surface area contributed by atoms with Crippen molar-refractivity contribution < 1.29 is 23.9 Å². The molecule has 196 valence electrons. The van der Waals surface area contributed by atoms with E-state index in [0.29, 0.717) is 17.7 Å². The molecule has 0 spiro atoms. The molecule has 1 unspecified atom stereocenters. The molecule has 1 N–H and O–H groups in total. The number of hydrogen-bond donors (Lipinski definition) is 1. The second-order valence-electron chi connectivity index (χ2n) is 11.5. The van der Waals surface area contributed by atoms with Gasteiger partial charge in [0.1, 0.15) is 22.5 Å². The number of hydrogen-bond acceptors (Lipinski definition) is 7. The number of nitrogens with one attached hydrogen (secondary N) is 1. The highest BCUT2D eigenvalue weighted by molar-refractivity contribution is 5.98. The Kier molecular flexibility index (Phi) is 6.60. The minimum Gasteiger partial charge on any atom is -0.456 e. The van der Waals surface area contributed by atoms with Crippen LogP contribution in [-0.2, 0) is 15.9 Å². The Morgan fingerprint density at radius 1 is 0.973 bits per heavy atom. The van der Waals surface area contributed by atoms with E-state index in [2.05, 4.69) is 15.4 Å². The van der Waals surface area contributed by atoms with Gasteiger partial charge in [-0.25, -0.2) is 19.1 Å². The molecule has 0 radical (unpaired) electrons. The summed E-state index contributed by atoms with van der Waals surface area (Å²) in [7, 11) is 0. The lowest BCUT2D eigenvalue weighted by Crippen LogP contribution is -2.29. The molecule has 1 aliphatic rings. The molecule has 37 heavy (non-hydrogen) atoms. The molecule has 2 aromatic heterocycles. The minimum atomic E-state index is -0.674. The van der Waals surface area contributed by atoms with Crippen molar-refractivity contribution in [2.45, 2.75) is 85.5 Å². The predicted octanol–water partition coefficient (Wildman–Crippen LogP) is 4.67. The topological polar surface area (TPSA) is 112 Å². The largest absolute Gasteiger partial charge is 0.456 e. The first-order valence-corrected chi connectivity index (χ1v) is 12.4. The molecule has 1 atom stereocenters. The van der Waals surface area contributed by atoms with Gasteiger partial charge in [-0.3, -0.25) is 4.79 Å². The van der Waals surface area contributed by atoms with E-state index in [1.54, 1.807) is 39.8 Å². The summed E-state index contributed by atoms with van der Waals surface area (Å²) in [6, 6.07) is 5.07. The summed E-state index contributed by atoms with van der Waals surface area (Å²) in [4.78, 5) is 43.2. The molecule has 0 aliphatic heterocycles. The van der Waals surface area contributed by atoms with Crippen molar-refractivity contribution >= 4 is 23.5 Å². The molecule has 9 nitrogen and oxygen atoms in total. The molecular formula is C28H34N4O5. The predicted molar refractivity (Wildman–Crippen MR) is 138 cm³/mol. The van der Waals surface area contributed by atoms with Gasteiger partial charge >= 0.3 is 11.9 Å². The van der Waals surface area contributed by atoms with Crippen LogP contribution in [0.5, 0.6) is 0 Å². The smallest absolute Gasteiger partial charge is 0.344 e. The Morgan fingerprint density at radius 3 is 2.22 bits per heavy atom. The summed E-state index contributed by atoms with van der Waals surface area (Å²) in [5, 5.41) is 7.37. The number of amides is 1. The van der Waals surface area contributed by atoms with E-state index in [9.17, 15) is 14.4 Å². The fourth-order valence-electron chi connectivity index (χ4n) is 4.54. The number of aromatic nitrogens is 3. The average molecular weight is 507 g/mol. The number of nitrogens with zero attached hydrogens (tertiary/aromatic N) is 3. The second kappa shape index (κ2) is 9.28. The van der Waals surface area contributed by atoms with Gasteiger partial charge in [0.15, 0.2) is 5.65 Å². The summed E-state index contributed by atoms with van der Waals surface area (Å²) in [6.45, 7) is 14.5. The molecule has 0 saturated carbocycles. The monoisotopic (exact) mass is 506 g/mol. The zero-order chi connectivity index (χ0) is 27.3. The first kappa shape index (κ1) is 26.3. The Hall–Kier alpha value is -3.75. The third-order valence-electron chi connectivity index (χ3n) is 6.07. The quantitative estimate of drug-likeness (QED) is 0.512. The zero-order valence-electron chi connectivity index (χ0n) is 22.7. The van der Waals surface area contributed by atoms with Crippen molar-refractivity contribution in [1.82, 2.24) is 19.9 Å². The van der Waals surface area contributed by atoms with Crippen LogP contribution < -0.4 is 5.32 Å². The number of rotatable bonds is 4. The van der Waals surface area contributed by atoms with Crippen LogP contribution in [0.2, 0.25) is 0 Å². The fourth-order valence-corrected chi connectivity index (χ4v) is 4.54. The molecule has 1 aromatic carbocycles. The SMILES string of the molecule is Cc1cc(C(=O)NC2CCc3c2ccc(C(=O)OC(C)(C)C)c3C)n2ncc(C(=O)OC(C)(C)C)c2n1. The van der Waals surface area contributed by atoms with Crippen LogP contribution in [0.3, 0.4) is 0 Å². The van der Waals surface area contributed by atoms with Gasteiger partial charge in [-0.2, -0.15) is 5.10 Å². The Morgan fingerprint density at radius 2 is 1.59 bits per heavy atom. The van der Waals surface area contributed by atoms with E-state index in [-0.39, 0.29) is 34.8 Å². The van der Waals surface area contributed by atoms with Gasteiger partial charge in [-0.05, 0) is 97.1 Å². The van der Waals surface area contributed by atoms with E-state index in [0.717, 1.165) is 23.1 Å². The van der Waals surface area contributed by atoms with Crippen molar-refractivity contribution in [1.29, 1.82) is 0 Å². The van der Waals surface area contributed by atoms with E-state index < -0.39 is 17.2 Å². The molecule has 2 heterocycles. The Labute approximate surface area is 216 Å². The first-order valence-electron chi connectivity index (χ1n) is 12.4. The fraction of sp³-hybridized carbons (Fsp3) is 0.464. The van der Waals surface area contributed by atoms with Crippen molar-refractivity contribution in [3.8, 4) is 0 Å². The standard InChI is InChI=1S/C28H34N4O5/c1-15-13-22(32-23(30-15)20(14-29-32)26(35)37-28(6,7)8)24(33)31-21-12-11-17-16(2)18(9-10-19(17)21)25(34)36-27(3,4)5/h9-10,13-14,21H,11-12H2,1-8H3,(H,31,33). The summed E-state index contributed by atoms with van der Waals surface area (Å²) < 4.78 is 12.4. The second-order valence-corrected chi connectivity index (χ2v) is 11.5. The maximum atomic E-state index is 13.4. The van der Waals surface area contributed by atoms with Crippen molar-refractivity contribution in [2.75, 3.05) is 0 Å². The molecule has 0 bridgehead atoms. The van der Waals surface area contributed by atoms with Gasteiger partial charge in [-0.1, -0.05) is 6.07 Å². The van der Waals surface area contributed by atoms with Gasteiger partial charge in [0.05, 0.1) is 17.8 Å². The van der Waals surface area contributed by atoms with Gasteiger partial charge < -0.3 is 14.8 Å². The number of carbonyl (C=O) groups excluding carboxylic acids is 3. The zero-order valence-corrected chi connectivity index (χ0v) is 22.7. The third-order valence-corrected chi connectivity index (χ3v) is 6.07. The van der Waals surface area contributed by atoms with Crippen molar-refractivity contribution in [3.63, 3.8) is 0 Å². The molecule has 1 amide bonds. The number of ether oxygens (including phenoxy) is 2. The number of benzene rings is 1. The van der Waals surface area contributed by atoms with Gasteiger partial charge in [0.2, 0.25) is 0 Å². The maximum absolute atomic E-state index is 13.4. The molecule has 9 heteroatoms. The lowest BCUT2D eigenvalue weighted by atomic mass is 9.97. The number of esters is 2. The average Bonchev–Trinajstić information content (AvgIpc) is 3.35. The van der Waals surface area contributed by atoms with E-state index in [1.165, 1.54) is 10.7 Å². The van der Waals surface area contributed by atoms with Crippen LogP contribution in [-0.4, -0.2) is 43.6 Å². The van der Waals surface area contributed by atoms with Crippen LogP contribution in [0.15, 0.2) is 24.4 Å². The highest BCUT2D eigenvalue weighted by Gasteiger charge is 2.30. The minimum absolute atomic E-state index is 0.198. The van der Waals surface area contributed by atoms with E-state index >= 15 is 0 Å². The maximum Gasteiger partial charge on any atom is 0.344 e. The lowest BCUT2D eigenvalue weighted by molar-refractivity contribution is 0.00573. The van der Waals surface area contributed by atoms with E-state index in [1.807, 2.05) is 33.8 Å². The molecule has 1 aliphatic carbocycles. The highest BCUT2D eigenvalue weighted by atomic mass is 16.6. The number of aryl methyl sites for hydroxylation is 1. The summed E-state index contributed by atoms with van der Waals surface area (Å²) in [5.74, 6) is -1.23. The summed E-state index contributed by atoms with van der Waals surface area (Å²) in [6.07, 6.45) is 2.81.